The van der Waals surface area contributed by atoms with E-state index in [1.807, 2.05) is 31.0 Å². The molecule has 0 radical (unpaired) electrons. The lowest BCUT2D eigenvalue weighted by Crippen LogP contribution is -2.37. The fourth-order valence-electron chi connectivity index (χ4n) is 2.01. The Morgan fingerprint density at radius 1 is 1.35 bits per heavy atom. The molecule has 3 atom stereocenters. The molecule has 3 N–H and O–H groups in total. The monoisotopic (exact) mass is 297 g/mol. The quantitative estimate of drug-likeness (QED) is 0.789. The van der Waals surface area contributed by atoms with Gasteiger partial charge in [0, 0.05) is 11.6 Å². The number of H-pyrrole nitrogens is 1. The number of hydrogen-bond donors (Lipinski definition) is 3. The molecule has 20 heavy (non-hydrogen) atoms. The van der Waals surface area contributed by atoms with Crippen molar-refractivity contribution in [3.8, 4) is 0 Å². The first-order valence-electron chi connectivity index (χ1n) is 6.60. The van der Waals surface area contributed by atoms with E-state index in [2.05, 4.69) is 9.97 Å². The van der Waals surface area contributed by atoms with E-state index in [-0.39, 0.29) is 6.04 Å². The van der Waals surface area contributed by atoms with Gasteiger partial charge in [0.15, 0.2) is 0 Å². The van der Waals surface area contributed by atoms with Gasteiger partial charge in [0.05, 0.1) is 29.3 Å². The molecule has 5 nitrogen and oxygen atoms in total. The van der Waals surface area contributed by atoms with Crippen LogP contribution in [0.3, 0.4) is 0 Å². The van der Waals surface area contributed by atoms with E-state index in [4.69, 9.17) is 11.6 Å². The minimum atomic E-state index is -0.777. The summed E-state index contributed by atoms with van der Waals surface area (Å²) in [4.78, 5) is 9.71. The second-order valence-electron chi connectivity index (χ2n) is 5.21. The summed E-state index contributed by atoms with van der Waals surface area (Å²) in [5, 5.41) is 19.7. The molecule has 0 bridgehead atoms. The third-order valence-electron chi connectivity index (χ3n) is 3.55. The normalized spacial score (nSPS) is 16.6. The summed E-state index contributed by atoms with van der Waals surface area (Å²) in [5.74, 6) is 0.808. The summed E-state index contributed by atoms with van der Waals surface area (Å²) >= 11 is 5.95. The van der Waals surface area contributed by atoms with Crippen molar-refractivity contribution < 1.29 is 10.2 Å². The zero-order chi connectivity index (χ0) is 14.9. The Morgan fingerprint density at radius 2 is 2.05 bits per heavy atom. The van der Waals surface area contributed by atoms with Gasteiger partial charge in [0.25, 0.3) is 0 Å². The van der Waals surface area contributed by atoms with E-state index in [0.717, 1.165) is 16.9 Å². The van der Waals surface area contributed by atoms with Crippen molar-refractivity contribution in [2.45, 2.75) is 32.1 Å². The average molecular weight is 298 g/mol. The highest BCUT2D eigenvalue weighted by Crippen LogP contribution is 2.22. The van der Waals surface area contributed by atoms with Crippen LogP contribution in [0.4, 0.5) is 0 Å². The van der Waals surface area contributed by atoms with Crippen LogP contribution in [-0.2, 0) is 0 Å². The lowest BCUT2D eigenvalue weighted by molar-refractivity contribution is 0.00545. The topological polar surface area (TPSA) is 72.4 Å². The highest BCUT2D eigenvalue weighted by molar-refractivity contribution is 6.31. The van der Waals surface area contributed by atoms with Crippen LogP contribution in [0.25, 0.3) is 11.0 Å². The zero-order valence-corrected chi connectivity index (χ0v) is 12.6. The fraction of sp³-hybridized carbons (Fsp3) is 0.500. The van der Waals surface area contributed by atoms with Gasteiger partial charge in [0.1, 0.15) is 5.82 Å². The predicted molar refractivity (Wildman–Crippen MR) is 79.8 cm³/mol. The van der Waals surface area contributed by atoms with Crippen molar-refractivity contribution in [3.63, 3.8) is 0 Å². The summed E-state index contributed by atoms with van der Waals surface area (Å²) < 4.78 is 0. The van der Waals surface area contributed by atoms with Gasteiger partial charge in [-0.25, -0.2) is 4.98 Å². The molecular formula is C14H20ClN3O2. The van der Waals surface area contributed by atoms with Crippen LogP contribution in [0, 0.1) is 0 Å². The number of nitrogens with one attached hydrogen (secondary N) is 1. The summed E-state index contributed by atoms with van der Waals surface area (Å²) in [6.45, 7) is 3.94. The molecule has 3 unspecified atom stereocenters. The minimum Gasteiger partial charge on any atom is -0.391 e. The fourth-order valence-corrected chi connectivity index (χ4v) is 2.19. The van der Waals surface area contributed by atoms with Crippen LogP contribution >= 0.6 is 11.6 Å². The van der Waals surface area contributed by atoms with Gasteiger partial charge < -0.3 is 15.2 Å². The Kier molecular flexibility index (Phi) is 4.65. The average Bonchev–Trinajstić information content (AvgIpc) is 2.80. The molecule has 2 rings (SSSR count). The van der Waals surface area contributed by atoms with Gasteiger partial charge in [-0.3, -0.25) is 4.90 Å². The van der Waals surface area contributed by atoms with Crippen molar-refractivity contribution in [3.05, 3.63) is 29.0 Å². The maximum absolute atomic E-state index is 9.73. The second kappa shape index (κ2) is 6.10. The molecule has 0 aliphatic rings. The van der Waals surface area contributed by atoms with Gasteiger partial charge in [-0.05, 0) is 39.1 Å². The van der Waals surface area contributed by atoms with Crippen molar-refractivity contribution in [2.24, 2.45) is 0 Å². The lowest BCUT2D eigenvalue weighted by Gasteiger charge is -2.26. The van der Waals surface area contributed by atoms with Gasteiger partial charge in [-0.2, -0.15) is 0 Å². The number of rotatable bonds is 5. The third-order valence-corrected chi connectivity index (χ3v) is 3.79. The minimum absolute atomic E-state index is 0.00502. The largest absolute Gasteiger partial charge is 0.391 e. The molecule has 1 aromatic carbocycles. The van der Waals surface area contributed by atoms with Crippen LogP contribution in [0.15, 0.2) is 18.2 Å². The number of aromatic nitrogens is 2. The first-order chi connectivity index (χ1) is 9.38. The Morgan fingerprint density at radius 3 is 2.70 bits per heavy atom. The summed E-state index contributed by atoms with van der Waals surface area (Å²) in [6.07, 6.45) is -1.53. The summed E-state index contributed by atoms with van der Waals surface area (Å²) in [7, 11) is 1.89. The van der Waals surface area contributed by atoms with E-state index in [9.17, 15) is 10.2 Å². The molecule has 0 spiro atoms. The highest BCUT2D eigenvalue weighted by Gasteiger charge is 2.20. The van der Waals surface area contributed by atoms with E-state index in [1.54, 1.807) is 13.0 Å². The molecule has 0 saturated carbocycles. The third kappa shape index (κ3) is 3.30. The highest BCUT2D eigenvalue weighted by atomic mass is 35.5. The summed E-state index contributed by atoms with van der Waals surface area (Å²) in [6, 6.07) is 5.51. The number of nitrogens with zero attached hydrogens (tertiary/aromatic N) is 2. The van der Waals surface area contributed by atoms with Crippen LogP contribution in [0.2, 0.25) is 5.02 Å². The van der Waals surface area contributed by atoms with Crippen molar-refractivity contribution in [2.75, 3.05) is 13.6 Å². The Balaban J connectivity index is 2.16. The van der Waals surface area contributed by atoms with Crippen LogP contribution in [-0.4, -0.2) is 50.9 Å². The molecular weight excluding hydrogens is 278 g/mol. The summed E-state index contributed by atoms with van der Waals surface area (Å²) in [5.41, 5.74) is 1.75. The Hall–Kier alpha value is -1.14. The van der Waals surface area contributed by atoms with E-state index in [1.165, 1.54) is 0 Å². The molecule has 1 heterocycles. The standard InChI is InChI=1S/C14H20ClN3O2/c1-8(18(3)7-13(20)9(2)19)14-16-11-5-4-10(15)6-12(11)17-14/h4-6,8-9,13,19-20H,7H2,1-3H3,(H,16,17). The molecule has 2 aromatic rings. The predicted octanol–water partition coefficient (Wildman–Crippen LogP) is 1.95. The maximum Gasteiger partial charge on any atom is 0.124 e. The molecule has 6 heteroatoms. The molecule has 1 aromatic heterocycles. The first-order valence-corrected chi connectivity index (χ1v) is 6.98. The molecule has 0 amide bonds. The molecule has 110 valence electrons. The van der Waals surface area contributed by atoms with Gasteiger partial charge in [0.2, 0.25) is 0 Å². The number of fused-ring (bicyclic) bond motifs is 1. The molecule has 0 aliphatic carbocycles. The van der Waals surface area contributed by atoms with E-state index >= 15 is 0 Å². The van der Waals surface area contributed by atoms with E-state index in [0.29, 0.717) is 11.6 Å². The number of aliphatic hydroxyl groups excluding tert-OH is 2. The molecule has 0 aliphatic heterocycles. The van der Waals surface area contributed by atoms with Gasteiger partial charge in [-0.15, -0.1) is 0 Å². The Bertz CT molecular complexity index is 585. The maximum atomic E-state index is 9.73. The number of likely N-dealkylation sites (N-methyl/N-ethyl adjacent to an activating group) is 1. The van der Waals surface area contributed by atoms with Crippen molar-refractivity contribution in [1.29, 1.82) is 0 Å². The second-order valence-corrected chi connectivity index (χ2v) is 5.64. The van der Waals surface area contributed by atoms with Crippen LogP contribution in [0.1, 0.15) is 25.7 Å². The van der Waals surface area contributed by atoms with Crippen molar-refractivity contribution in [1.82, 2.24) is 14.9 Å². The number of imidazole rings is 1. The Labute approximate surface area is 123 Å². The number of hydrogen-bond acceptors (Lipinski definition) is 4. The number of aromatic amines is 1. The van der Waals surface area contributed by atoms with Gasteiger partial charge >= 0.3 is 0 Å². The number of benzene rings is 1. The first kappa shape index (κ1) is 15.3. The lowest BCUT2D eigenvalue weighted by atomic mass is 10.2. The van der Waals surface area contributed by atoms with Crippen LogP contribution in [0.5, 0.6) is 0 Å². The van der Waals surface area contributed by atoms with E-state index < -0.39 is 12.2 Å². The number of aliphatic hydroxyl groups is 2. The molecule has 0 saturated heterocycles. The zero-order valence-electron chi connectivity index (χ0n) is 11.8. The SMILES string of the molecule is CC(O)C(O)CN(C)C(C)c1nc2ccc(Cl)cc2[nH]1. The van der Waals surface area contributed by atoms with Gasteiger partial charge in [-0.1, -0.05) is 11.6 Å². The smallest absolute Gasteiger partial charge is 0.124 e. The van der Waals surface area contributed by atoms with Crippen molar-refractivity contribution >= 4 is 22.6 Å². The van der Waals surface area contributed by atoms with Crippen LogP contribution < -0.4 is 0 Å². The molecule has 0 fully saturated rings. The number of halogens is 1.